The van der Waals surface area contributed by atoms with Crippen LogP contribution in [0.25, 0.3) is 11.0 Å². The fourth-order valence-electron chi connectivity index (χ4n) is 1.87. The van der Waals surface area contributed by atoms with Crippen molar-refractivity contribution in [3.8, 4) is 0 Å². The van der Waals surface area contributed by atoms with Crippen LogP contribution in [-0.2, 0) is 7.05 Å². The number of fused-ring (bicyclic) bond motifs is 1. The molecule has 0 saturated carbocycles. The molecule has 2 N–H and O–H groups in total. The standard InChI is InChI=1S/C12H17N3S/c1-15-11-6-4-3-5-10(11)14-12(15)9(13)7-8-16-2/h3-6,9H,7-8,13H2,1-2H3. The number of imidazole rings is 1. The number of nitrogens with zero attached hydrogens (tertiary/aromatic N) is 2. The van der Waals surface area contributed by atoms with Crippen LogP contribution in [0.2, 0.25) is 0 Å². The van der Waals surface area contributed by atoms with Gasteiger partial charge in [0.05, 0.1) is 17.1 Å². The van der Waals surface area contributed by atoms with Crippen LogP contribution in [0.15, 0.2) is 24.3 Å². The average Bonchev–Trinajstić information content (AvgIpc) is 2.64. The SMILES string of the molecule is CSCCC(N)c1nc2ccccc2n1C. The predicted molar refractivity (Wildman–Crippen MR) is 70.6 cm³/mol. The zero-order valence-electron chi connectivity index (χ0n) is 9.68. The van der Waals surface area contributed by atoms with Gasteiger partial charge in [-0.2, -0.15) is 11.8 Å². The van der Waals surface area contributed by atoms with Gasteiger partial charge in [0.15, 0.2) is 0 Å². The molecule has 1 aromatic carbocycles. The van der Waals surface area contributed by atoms with Crippen molar-refractivity contribution in [2.75, 3.05) is 12.0 Å². The van der Waals surface area contributed by atoms with E-state index in [2.05, 4.69) is 21.9 Å². The van der Waals surface area contributed by atoms with E-state index in [9.17, 15) is 0 Å². The molecule has 0 amide bonds. The summed E-state index contributed by atoms with van der Waals surface area (Å²) in [6.07, 6.45) is 3.07. The average molecular weight is 235 g/mol. The predicted octanol–water partition coefficient (Wildman–Crippen LogP) is 2.33. The van der Waals surface area contributed by atoms with Crippen LogP contribution >= 0.6 is 11.8 Å². The van der Waals surface area contributed by atoms with Gasteiger partial charge in [-0.05, 0) is 30.6 Å². The molecular weight excluding hydrogens is 218 g/mol. The van der Waals surface area contributed by atoms with Crippen molar-refractivity contribution in [3.63, 3.8) is 0 Å². The number of aromatic nitrogens is 2. The Morgan fingerprint density at radius 3 is 2.88 bits per heavy atom. The van der Waals surface area contributed by atoms with Gasteiger partial charge in [-0.25, -0.2) is 4.98 Å². The van der Waals surface area contributed by atoms with Gasteiger partial charge in [0.25, 0.3) is 0 Å². The second-order valence-corrected chi connectivity index (χ2v) is 4.89. The lowest BCUT2D eigenvalue weighted by atomic mass is 10.2. The Morgan fingerprint density at radius 2 is 2.19 bits per heavy atom. The third-order valence-electron chi connectivity index (χ3n) is 2.79. The number of hydrogen-bond donors (Lipinski definition) is 1. The molecule has 2 aromatic rings. The summed E-state index contributed by atoms with van der Waals surface area (Å²) in [5, 5.41) is 0. The summed E-state index contributed by atoms with van der Waals surface area (Å²) in [6.45, 7) is 0. The molecule has 2 rings (SSSR count). The van der Waals surface area contributed by atoms with Crippen molar-refractivity contribution in [2.24, 2.45) is 12.8 Å². The summed E-state index contributed by atoms with van der Waals surface area (Å²) in [6, 6.07) is 8.17. The number of hydrogen-bond acceptors (Lipinski definition) is 3. The summed E-state index contributed by atoms with van der Waals surface area (Å²) in [5.74, 6) is 2.06. The Labute approximate surface area is 100 Å². The zero-order chi connectivity index (χ0) is 11.5. The molecular formula is C12H17N3S. The smallest absolute Gasteiger partial charge is 0.126 e. The highest BCUT2D eigenvalue weighted by atomic mass is 32.2. The van der Waals surface area contributed by atoms with Crippen molar-refractivity contribution >= 4 is 22.8 Å². The molecule has 86 valence electrons. The first-order valence-electron chi connectivity index (χ1n) is 5.40. The number of para-hydroxylation sites is 2. The van der Waals surface area contributed by atoms with E-state index >= 15 is 0 Å². The highest BCUT2D eigenvalue weighted by Crippen LogP contribution is 2.20. The minimum atomic E-state index is 0.0323. The van der Waals surface area contributed by atoms with Gasteiger partial charge in [0.1, 0.15) is 5.82 Å². The van der Waals surface area contributed by atoms with Gasteiger partial charge < -0.3 is 10.3 Å². The maximum atomic E-state index is 6.15. The Bertz CT molecular complexity index is 478. The van der Waals surface area contributed by atoms with Crippen LogP contribution in [0.5, 0.6) is 0 Å². The highest BCUT2D eigenvalue weighted by Gasteiger charge is 2.13. The Kier molecular flexibility index (Phi) is 3.51. The molecule has 1 aromatic heterocycles. The molecule has 16 heavy (non-hydrogen) atoms. The molecule has 0 spiro atoms. The fourth-order valence-corrected chi connectivity index (χ4v) is 2.36. The van der Waals surface area contributed by atoms with Gasteiger partial charge in [0.2, 0.25) is 0 Å². The normalized spacial score (nSPS) is 13.2. The number of nitrogens with two attached hydrogens (primary N) is 1. The monoisotopic (exact) mass is 235 g/mol. The van der Waals surface area contributed by atoms with Crippen molar-refractivity contribution in [1.29, 1.82) is 0 Å². The maximum absolute atomic E-state index is 6.15. The Balaban J connectivity index is 2.33. The molecule has 4 heteroatoms. The topological polar surface area (TPSA) is 43.8 Å². The third-order valence-corrected chi connectivity index (χ3v) is 3.43. The molecule has 0 fully saturated rings. The molecule has 1 heterocycles. The van der Waals surface area contributed by atoms with Crippen LogP contribution < -0.4 is 5.73 Å². The van der Waals surface area contributed by atoms with Gasteiger partial charge in [-0.15, -0.1) is 0 Å². The summed E-state index contributed by atoms with van der Waals surface area (Å²) < 4.78 is 2.10. The highest BCUT2D eigenvalue weighted by molar-refractivity contribution is 7.98. The molecule has 0 aliphatic rings. The van der Waals surface area contributed by atoms with Gasteiger partial charge in [-0.1, -0.05) is 12.1 Å². The lowest BCUT2D eigenvalue weighted by molar-refractivity contribution is 0.628. The molecule has 1 atom stereocenters. The Morgan fingerprint density at radius 1 is 1.44 bits per heavy atom. The molecule has 0 aliphatic heterocycles. The van der Waals surface area contributed by atoms with E-state index in [4.69, 9.17) is 5.73 Å². The summed E-state index contributed by atoms with van der Waals surface area (Å²) in [5.41, 5.74) is 8.33. The van der Waals surface area contributed by atoms with Crippen LogP contribution in [0.4, 0.5) is 0 Å². The fraction of sp³-hybridized carbons (Fsp3) is 0.417. The largest absolute Gasteiger partial charge is 0.330 e. The van der Waals surface area contributed by atoms with Crippen LogP contribution in [-0.4, -0.2) is 21.6 Å². The van der Waals surface area contributed by atoms with E-state index < -0.39 is 0 Å². The first-order chi connectivity index (χ1) is 7.74. The first-order valence-corrected chi connectivity index (χ1v) is 6.79. The Hall–Kier alpha value is -1.00. The lowest BCUT2D eigenvalue weighted by Crippen LogP contribution is -2.16. The molecule has 0 bridgehead atoms. The molecule has 0 aliphatic carbocycles. The number of rotatable bonds is 4. The summed E-state index contributed by atoms with van der Waals surface area (Å²) in [4.78, 5) is 4.59. The number of thioether (sulfide) groups is 1. The van der Waals surface area contributed by atoms with E-state index in [1.807, 2.05) is 37.0 Å². The van der Waals surface area contributed by atoms with E-state index in [0.717, 1.165) is 29.0 Å². The second kappa shape index (κ2) is 4.89. The van der Waals surface area contributed by atoms with Crippen molar-refractivity contribution in [3.05, 3.63) is 30.1 Å². The molecule has 0 radical (unpaired) electrons. The third kappa shape index (κ3) is 2.08. The van der Waals surface area contributed by atoms with Gasteiger partial charge in [0, 0.05) is 7.05 Å². The van der Waals surface area contributed by atoms with E-state index in [1.165, 1.54) is 0 Å². The van der Waals surface area contributed by atoms with Gasteiger partial charge in [-0.3, -0.25) is 0 Å². The van der Waals surface area contributed by atoms with Crippen LogP contribution in [0.3, 0.4) is 0 Å². The summed E-state index contributed by atoms with van der Waals surface area (Å²) >= 11 is 1.82. The quantitative estimate of drug-likeness (QED) is 0.884. The number of benzene rings is 1. The van der Waals surface area contributed by atoms with E-state index in [1.54, 1.807) is 0 Å². The van der Waals surface area contributed by atoms with E-state index in [0.29, 0.717) is 0 Å². The first kappa shape index (κ1) is 11.5. The van der Waals surface area contributed by atoms with E-state index in [-0.39, 0.29) is 6.04 Å². The zero-order valence-corrected chi connectivity index (χ0v) is 10.5. The van der Waals surface area contributed by atoms with Crippen LogP contribution in [0.1, 0.15) is 18.3 Å². The van der Waals surface area contributed by atoms with Crippen LogP contribution in [0, 0.1) is 0 Å². The lowest BCUT2D eigenvalue weighted by Gasteiger charge is -2.10. The second-order valence-electron chi connectivity index (χ2n) is 3.91. The molecule has 0 saturated heterocycles. The molecule has 1 unspecified atom stereocenters. The van der Waals surface area contributed by atoms with Crippen molar-refractivity contribution in [2.45, 2.75) is 12.5 Å². The van der Waals surface area contributed by atoms with Gasteiger partial charge >= 0.3 is 0 Å². The number of aryl methyl sites for hydroxylation is 1. The minimum Gasteiger partial charge on any atom is -0.330 e. The molecule has 3 nitrogen and oxygen atoms in total. The summed E-state index contributed by atoms with van der Waals surface area (Å²) in [7, 11) is 2.03. The van der Waals surface area contributed by atoms with Crippen molar-refractivity contribution in [1.82, 2.24) is 9.55 Å². The minimum absolute atomic E-state index is 0.0323. The van der Waals surface area contributed by atoms with Crippen molar-refractivity contribution < 1.29 is 0 Å². The maximum Gasteiger partial charge on any atom is 0.126 e.